The summed E-state index contributed by atoms with van der Waals surface area (Å²) < 4.78 is 3.07. The van der Waals surface area contributed by atoms with Gasteiger partial charge in [0, 0.05) is 34.9 Å². The monoisotopic (exact) mass is 350 g/mol. The van der Waals surface area contributed by atoms with Crippen molar-refractivity contribution in [2.45, 2.75) is 19.4 Å². The van der Waals surface area contributed by atoms with E-state index in [9.17, 15) is 0 Å². The van der Waals surface area contributed by atoms with E-state index in [4.69, 9.17) is 0 Å². The van der Waals surface area contributed by atoms with Gasteiger partial charge in [-0.2, -0.15) is 0 Å². The normalized spacial score (nSPS) is 12.9. The molecule has 0 fully saturated rings. The number of pyridine rings is 1. The number of likely N-dealkylation sites (N-methyl/N-ethyl adjacent to an activating group) is 1. The molecule has 1 atom stereocenters. The molecule has 0 aliphatic rings. The molecule has 0 spiro atoms. The van der Waals surface area contributed by atoms with Crippen molar-refractivity contribution in [2.24, 2.45) is 0 Å². The van der Waals surface area contributed by atoms with Crippen LogP contribution in [0.25, 0.3) is 4.96 Å². The maximum atomic E-state index is 4.64. The highest BCUT2D eigenvalue weighted by molar-refractivity contribution is 9.10. The summed E-state index contributed by atoms with van der Waals surface area (Å²) in [5.74, 6) is 0. The summed E-state index contributed by atoms with van der Waals surface area (Å²) in [6, 6.07) is 4.27. The Kier molecular flexibility index (Phi) is 4.14. The van der Waals surface area contributed by atoms with Crippen molar-refractivity contribution in [1.82, 2.24) is 19.7 Å². The van der Waals surface area contributed by atoms with Crippen molar-refractivity contribution in [1.29, 1.82) is 0 Å². The summed E-state index contributed by atoms with van der Waals surface area (Å²) in [7, 11) is 0. The van der Waals surface area contributed by atoms with Gasteiger partial charge in [0.2, 0.25) is 0 Å². The van der Waals surface area contributed by atoms with Gasteiger partial charge in [-0.05, 0) is 34.6 Å². The topological polar surface area (TPSA) is 42.2 Å². The minimum atomic E-state index is 0.192. The highest BCUT2D eigenvalue weighted by Gasteiger charge is 2.15. The number of imidazole rings is 1. The third kappa shape index (κ3) is 2.92. The first-order valence-corrected chi connectivity index (χ1v) is 8.19. The van der Waals surface area contributed by atoms with Crippen LogP contribution in [-0.4, -0.2) is 20.9 Å². The van der Waals surface area contributed by atoms with E-state index in [-0.39, 0.29) is 6.04 Å². The molecule has 3 aromatic rings. The minimum Gasteiger partial charge on any atom is -0.309 e. The molecule has 20 heavy (non-hydrogen) atoms. The molecule has 0 saturated carbocycles. The number of fused-ring (bicyclic) bond motifs is 1. The van der Waals surface area contributed by atoms with Crippen LogP contribution in [0.5, 0.6) is 0 Å². The third-order valence-corrected chi connectivity index (χ3v) is 4.35. The predicted octanol–water partition coefficient (Wildman–Crippen LogP) is 3.45. The molecule has 1 N–H and O–H groups in total. The van der Waals surface area contributed by atoms with E-state index in [1.807, 2.05) is 23.8 Å². The van der Waals surface area contributed by atoms with Crippen LogP contribution in [0.3, 0.4) is 0 Å². The first-order chi connectivity index (χ1) is 9.76. The van der Waals surface area contributed by atoms with Gasteiger partial charge in [-0.1, -0.05) is 6.92 Å². The standard InChI is InChI=1S/C14H15BrN4S/c1-2-16-13(12-4-3-10(15)8-17-12)7-11-9-19-5-6-20-14(19)18-11/h3-6,8-9,13,16H,2,7H2,1H3. The lowest BCUT2D eigenvalue weighted by Gasteiger charge is -2.16. The van der Waals surface area contributed by atoms with E-state index in [1.165, 1.54) is 0 Å². The van der Waals surface area contributed by atoms with Gasteiger partial charge in [0.25, 0.3) is 0 Å². The van der Waals surface area contributed by atoms with Crippen molar-refractivity contribution in [3.63, 3.8) is 0 Å². The molecule has 0 radical (unpaired) electrons. The van der Waals surface area contributed by atoms with E-state index in [2.05, 4.69) is 54.8 Å². The fourth-order valence-corrected chi connectivity index (χ4v) is 3.16. The van der Waals surface area contributed by atoms with Crippen LogP contribution in [-0.2, 0) is 6.42 Å². The van der Waals surface area contributed by atoms with Gasteiger partial charge >= 0.3 is 0 Å². The average Bonchev–Trinajstić information content (AvgIpc) is 3.00. The van der Waals surface area contributed by atoms with Crippen molar-refractivity contribution in [3.05, 3.63) is 52.0 Å². The zero-order chi connectivity index (χ0) is 13.9. The van der Waals surface area contributed by atoms with Crippen LogP contribution >= 0.6 is 27.3 Å². The largest absolute Gasteiger partial charge is 0.309 e. The van der Waals surface area contributed by atoms with Gasteiger partial charge in [-0.25, -0.2) is 4.98 Å². The number of aromatic nitrogens is 3. The Hall–Kier alpha value is -1.24. The molecule has 3 rings (SSSR count). The summed E-state index contributed by atoms with van der Waals surface area (Å²) >= 11 is 5.08. The van der Waals surface area contributed by atoms with Gasteiger partial charge in [-0.15, -0.1) is 11.3 Å². The van der Waals surface area contributed by atoms with Gasteiger partial charge in [0.15, 0.2) is 4.96 Å². The lowest BCUT2D eigenvalue weighted by molar-refractivity contribution is 0.532. The number of rotatable bonds is 5. The average molecular weight is 351 g/mol. The van der Waals surface area contributed by atoms with Crippen molar-refractivity contribution >= 4 is 32.2 Å². The zero-order valence-electron chi connectivity index (χ0n) is 11.1. The van der Waals surface area contributed by atoms with E-state index >= 15 is 0 Å². The molecule has 1 unspecified atom stereocenters. The molecule has 6 heteroatoms. The molecule has 0 bridgehead atoms. The number of hydrogen-bond acceptors (Lipinski definition) is 4. The molecule has 3 aromatic heterocycles. The number of hydrogen-bond donors (Lipinski definition) is 1. The van der Waals surface area contributed by atoms with E-state index in [0.29, 0.717) is 0 Å². The predicted molar refractivity (Wildman–Crippen MR) is 85.1 cm³/mol. The summed E-state index contributed by atoms with van der Waals surface area (Å²) in [5, 5.41) is 5.53. The van der Waals surface area contributed by atoms with Crippen LogP contribution in [0.4, 0.5) is 0 Å². The molecular weight excluding hydrogens is 336 g/mol. The molecule has 3 heterocycles. The highest BCUT2D eigenvalue weighted by atomic mass is 79.9. The smallest absolute Gasteiger partial charge is 0.193 e. The molecule has 4 nitrogen and oxygen atoms in total. The lowest BCUT2D eigenvalue weighted by Crippen LogP contribution is -2.24. The molecule has 0 amide bonds. The molecule has 0 aliphatic carbocycles. The second-order valence-corrected chi connectivity index (χ2v) is 6.33. The van der Waals surface area contributed by atoms with E-state index in [1.54, 1.807) is 11.3 Å². The second-order valence-electron chi connectivity index (χ2n) is 4.54. The Bertz CT molecular complexity index is 660. The second kappa shape index (κ2) is 6.03. The Morgan fingerprint density at radius 3 is 3.05 bits per heavy atom. The Labute approximate surface area is 130 Å². The van der Waals surface area contributed by atoms with Crippen LogP contribution in [0.15, 0.2) is 40.6 Å². The summed E-state index contributed by atoms with van der Waals surface area (Å²) in [4.78, 5) is 10.2. The Morgan fingerprint density at radius 1 is 1.45 bits per heavy atom. The first-order valence-electron chi connectivity index (χ1n) is 6.52. The number of nitrogens with one attached hydrogen (secondary N) is 1. The van der Waals surface area contributed by atoms with Gasteiger partial charge in [0.1, 0.15) is 0 Å². The SMILES string of the molecule is CCNC(Cc1cn2ccsc2n1)c1ccc(Br)cn1. The van der Waals surface area contributed by atoms with Crippen LogP contribution in [0.2, 0.25) is 0 Å². The first kappa shape index (κ1) is 13.7. The summed E-state index contributed by atoms with van der Waals surface area (Å²) in [6.45, 7) is 3.02. The number of halogens is 1. The van der Waals surface area contributed by atoms with Crippen LogP contribution in [0, 0.1) is 0 Å². The highest BCUT2D eigenvalue weighted by Crippen LogP contribution is 2.19. The molecule has 0 saturated heterocycles. The fraction of sp³-hybridized carbons (Fsp3) is 0.286. The zero-order valence-corrected chi connectivity index (χ0v) is 13.5. The van der Waals surface area contributed by atoms with Crippen molar-refractivity contribution in [3.8, 4) is 0 Å². The maximum Gasteiger partial charge on any atom is 0.193 e. The van der Waals surface area contributed by atoms with Crippen molar-refractivity contribution < 1.29 is 0 Å². The van der Waals surface area contributed by atoms with Crippen molar-refractivity contribution in [2.75, 3.05) is 6.54 Å². The Morgan fingerprint density at radius 2 is 2.35 bits per heavy atom. The number of nitrogens with zero attached hydrogens (tertiary/aromatic N) is 3. The Balaban J connectivity index is 1.83. The lowest BCUT2D eigenvalue weighted by atomic mass is 10.1. The molecule has 0 aliphatic heterocycles. The number of thiazole rings is 1. The minimum absolute atomic E-state index is 0.192. The maximum absolute atomic E-state index is 4.64. The van der Waals surface area contributed by atoms with Gasteiger partial charge in [0.05, 0.1) is 17.4 Å². The van der Waals surface area contributed by atoms with Crippen LogP contribution < -0.4 is 5.32 Å². The molecular formula is C14H15BrN4S. The van der Waals surface area contributed by atoms with Gasteiger partial charge in [-0.3, -0.25) is 9.38 Å². The van der Waals surface area contributed by atoms with E-state index in [0.717, 1.165) is 33.8 Å². The quantitative estimate of drug-likeness (QED) is 0.766. The molecule has 0 aromatic carbocycles. The fourth-order valence-electron chi connectivity index (χ4n) is 2.20. The van der Waals surface area contributed by atoms with Crippen LogP contribution in [0.1, 0.15) is 24.4 Å². The third-order valence-electron chi connectivity index (χ3n) is 3.11. The van der Waals surface area contributed by atoms with Gasteiger partial charge < -0.3 is 5.32 Å². The summed E-state index contributed by atoms with van der Waals surface area (Å²) in [5.41, 5.74) is 2.14. The molecule has 104 valence electrons. The van der Waals surface area contributed by atoms with E-state index < -0.39 is 0 Å². The summed E-state index contributed by atoms with van der Waals surface area (Å²) in [6.07, 6.45) is 6.81.